The van der Waals surface area contributed by atoms with Crippen LogP contribution in [0, 0.1) is 6.92 Å². The molecule has 0 spiro atoms. The summed E-state index contributed by atoms with van der Waals surface area (Å²) in [4.78, 5) is 13.2. The normalized spacial score (nSPS) is 20.9. The van der Waals surface area contributed by atoms with Crippen molar-refractivity contribution in [2.45, 2.75) is 13.0 Å². The van der Waals surface area contributed by atoms with Gasteiger partial charge in [-0.25, -0.2) is 4.79 Å². The van der Waals surface area contributed by atoms with E-state index in [0.29, 0.717) is 5.70 Å². The van der Waals surface area contributed by atoms with Crippen molar-refractivity contribution >= 4 is 17.7 Å². The van der Waals surface area contributed by atoms with E-state index in [1.807, 2.05) is 48.3 Å². The maximum atomic E-state index is 11.3. The quantitative estimate of drug-likeness (QED) is 0.894. The van der Waals surface area contributed by atoms with Crippen LogP contribution in [0.1, 0.15) is 17.2 Å². The Balaban J connectivity index is 2.02. The summed E-state index contributed by atoms with van der Waals surface area (Å²) in [7, 11) is 0. The Morgan fingerprint density at radius 3 is 3.00 bits per heavy atom. The number of nitrogens with zero attached hydrogens (tertiary/aromatic N) is 1. The van der Waals surface area contributed by atoms with Gasteiger partial charge in [0.2, 0.25) is 0 Å². The third-order valence-corrected chi connectivity index (χ3v) is 4.12. The monoisotopic (exact) mass is 271 g/mol. The van der Waals surface area contributed by atoms with Crippen molar-refractivity contribution in [2.75, 3.05) is 0 Å². The molecule has 1 aromatic carbocycles. The van der Waals surface area contributed by atoms with E-state index in [9.17, 15) is 9.90 Å². The minimum absolute atomic E-state index is 0.0442. The second-order valence-corrected chi connectivity index (χ2v) is 5.43. The lowest BCUT2D eigenvalue weighted by Gasteiger charge is -2.31. The third-order valence-electron chi connectivity index (χ3n) is 3.20. The smallest absolute Gasteiger partial charge is 0.353 e. The molecule has 0 saturated carbocycles. The first-order valence-corrected chi connectivity index (χ1v) is 6.89. The Hall–Kier alpha value is -1.94. The molecule has 19 heavy (non-hydrogen) atoms. The summed E-state index contributed by atoms with van der Waals surface area (Å²) in [5.41, 5.74) is 2.62. The molecule has 0 radical (unpaired) electrons. The Bertz CT molecular complexity index is 631. The molecule has 0 amide bonds. The summed E-state index contributed by atoms with van der Waals surface area (Å²) in [5.74, 6) is -0.885. The highest BCUT2D eigenvalue weighted by atomic mass is 32.2. The van der Waals surface area contributed by atoms with Crippen LogP contribution in [0.4, 0.5) is 0 Å². The van der Waals surface area contributed by atoms with Gasteiger partial charge < -0.3 is 10.0 Å². The number of hydrogen-bond donors (Lipinski definition) is 1. The fraction of sp³-hybridized carbons (Fsp3) is 0.133. The van der Waals surface area contributed by atoms with Gasteiger partial charge in [0.1, 0.15) is 5.70 Å². The van der Waals surface area contributed by atoms with Crippen LogP contribution >= 0.6 is 11.8 Å². The molecule has 1 atom stereocenters. The predicted molar refractivity (Wildman–Crippen MR) is 76.3 cm³/mol. The second kappa shape index (κ2) is 4.63. The fourth-order valence-corrected chi connectivity index (χ4v) is 3.28. The summed E-state index contributed by atoms with van der Waals surface area (Å²) < 4.78 is 0. The molecule has 3 nitrogen and oxygen atoms in total. The van der Waals surface area contributed by atoms with Crippen LogP contribution in [-0.4, -0.2) is 16.0 Å². The van der Waals surface area contributed by atoms with E-state index in [4.69, 9.17) is 0 Å². The first-order valence-electron chi connectivity index (χ1n) is 6.01. The lowest BCUT2D eigenvalue weighted by atomic mass is 10.0. The number of aliphatic carboxylic acids is 1. The first kappa shape index (κ1) is 12.1. The maximum absolute atomic E-state index is 11.3. The van der Waals surface area contributed by atoms with Gasteiger partial charge in [-0.2, -0.15) is 0 Å². The van der Waals surface area contributed by atoms with Crippen LogP contribution in [0.25, 0.3) is 0 Å². The van der Waals surface area contributed by atoms with Crippen LogP contribution in [0.15, 0.2) is 58.6 Å². The van der Waals surface area contributed by atoms with Crippen molar-refractivity contribution in [3.05, 3.63) is 69.8 Å². The van der Waals surface area contributed by atoms with Gasteiger partial charge in [-0.1, -0.05) is 53.7 Å². The Kier molecular flexibility index (Phi) is 2.95. The average Bonchev–Trinajstić information content (AvgIpc) is 2.82. The third kappa shape index (κ3) is 2.08. The number of thioether (sulfide) groups is 1. The summed E-state index contributed by atoms with van der Waals surface area (Å²) in [6.45, 7) is 2.04. The minimum atomic E-state index is -0.885. The van der Waals surface area contributed by atoms with Gasteiger partial charge >= 0.3 is 5.97 Å². The molecule has 1 unspecified atom stereocenters. The summed E-state index contributed by atoms with van der Waals surface area (Å²) in [5, 5.41) is 12.0. The van der Waals surface area contributed by atoms with E-state index in [-0.39, 0.29) is 6.04 Å². The van der Waals surface area contributed by atoms with Crippen molar-refractivity contribution in [1.82, 2.24) is 4.90 Å². The molecule has 0 bridgehead atoms. The number of benzene rings is 1. The van der Waals surface area contributed by atoms with E-state index in [1.165, 1.54) is 17.3 Å². The van der Waals surface area contributed by atoms with Gasteiger partial charge in [0.25, 0.3) is 0 Å². The van der Waals surface area contributed by atoms with Gasteiger partial charge in [0, 0.05) is 5.41 Å². The molecule has 0 aromatic heterocycles. The van der Waals surface area contributed by atoms with Crippen molar-refractivity contribution in [2.24, 2.45) is 0 Å². The molecule has 0 saturated heterocycles. The van der Waals surface area contributed by atoms with Crippen molar-refractivity contribution < 1.29 is 9.90 Å². The lowest BCUT2D eigenvalue weighted by molar-refractivity contribution is -0.134. The number of aryl methyl sites for hydroxylation is 1. The zero-order valence-electron chi connectivity index (χ0n) is 10.4. The summed E-state index contributed by atoms with van der Waals surface area (Å²) >= 11 is 1.46. The van der Waals surface area contributed by atoms with Crippen molar-refractivity contribution in [1.29, 1.82) is 0 Å². The first-order chi connectivity index (χ1) is 9.16. The van der Waals surface area contributed by atoms with Crippen LogP contribution in [0.3, 0.4) is 0 Å². The number of fused-ring (bicyclic) bond motifs is 1. The number of rotatable bonds is 2. The largest absolute Gasteiger partial charge is 0.477 e. The molecule has 4 heteroatoms. The van der Waals surface area contributed by atoms with E-state index in [1.54, 1.807) is 5.41 Å². The highest BCUT2D eigenvalue weighted by molar-refractivity contribution is 8.06. The molecule has 1 N–H and O–H groups in total. The van der Waals surface area contributed by atoms with Crippen LogP contribution in [-0.2, 0) is 4.79 Å². The zero-order chi connectivity index (χ0) is 13.4. The van der Waals surface area contributed by atoms with Crippen molar-refractivity contribution in [3.8, 4) is 0 Å². The number of carboxylic acids is 1. The standard InChI is InChI=1S/C15H13NO2S/c1-10-4-2-5-11(8-10)12-6-3-7-14-16(12)13(9-19-14)15(17)18/h2-9,12H,1H3,(H,17,18). The van der Waals surface area contributed by atoms with Gasteiger partial charge in [-0.05, 0) is 18.6 Å². The Labute approximate surface area is 115 Å². The average molecular weight is 271 g/mol. The molecule has 0 fully saturated rings. The number of carboxylic acid groups (broad SMARTS) is 1. The molecular formula is C15H13NO2S. The Morgan fingerprint density at radius 2 is 2.26 bits per heavy atom. The predicted octanol–water partition coefficient (Wildman–Crippen LogP) is 3.42. The Morgan fingerprint density at radius 1 is 1.42 bits per heavy atom. The maximum Gasteiger partial charge on any atom is 0.353 e. The van der Waals surface area contributed by atoms with E-state index in [2.05, 4.69) is 6.07 Å². The number of hydrogen-bond acceptors (Lipinski definition) is 3. The summed E-state index contributed by atoms with van der Waals surface area (Å²) in [6, 6.07) is 8.13. The fourth-order valence-electron chi connectivity index (χ4n) is 2.35. The molecule has 3 rings (SSSR count). The van der Waals surface area contributed by atoms with Gasteiger partial charge in [-0.15, -0.1) is 0 Å². The van der Waals surface area contributed by atoms with Gasteiger partial charge in [-0.3, -0.25) is 0 Å². The summed E-state index contributed by atoms with van der Waals surface area (Å²) in [6.07, 6.45) is 5.97. The number of allylic oxidation sites excluding steroid dienone is 2. The van der Waals surface area contributed by atoms with Gasteiger partial charge in [0.05, 0.1) is 11.1 Å². The van der Waals surface area contributed by atoms with E-state index < -0.39 is 5.97 Å². The van der Waals surface area contributed by atoms with Crippen LogP contribution in [0.5, 0.6) is 0 Å². The molecule has 2 aliphatic heterocycles. The van der Waals surface area contributed by atoms with E-state index >= 15 is 0 Å². The second-order valence-electron chi connectivity index (χ2n) is 4.54. The van der Waals surface area contributed by atoms with E-state index in [0.717, 1.165) is 10.6 Å². The van der Waals surface area contributed by atoms with Crippen LogP contribution in [0.2, 0.25) is 0 Å². The molecule has 1 aromatic rings. The highest BCUT2D eigenvalue weighted by Gasteiger charge is 2.33. The van der Waals surface area contributed by atoms with Crippen molar-refractivity contribution in [3.63, 3.8) is 0 Å². The van der Waals surface area contributed by atoms with Gasteiger partial charge in [0.15, 0.2) is 0 Å². The molecule has 0 aliphatic carbocycles. The SMILES string of the molecule is Cc1cccc(C2C=CC=C3SC=C(C(=O)O)N32)c1. The minimum Gasteiger partial charge on any atom is -0.477 e. The topological polar surface area (TPSA) is 40.5 Å². The molecule has 2 aliphatic rings. The lowest BCUT2D eigenvalue weighted by Crippen LogP contribution is -2.28. The molecular weight excluding hydrogens is 258 g/mol. The molecule has 2 heterocycles. The molecule has 96 valence electrons. The van der Waals surface area contributed by atoms with Crippen LogP contribution < -0.4 is 0 Å². The zero-order valence-corrected chi connectivity index (χ0v) is 11.2. The highest BCUT2D eigenvalue weighted by Crippen LogP contribution is 2.43. The number of carbonyl (C=O) groups is 1.